The Morgan fingerprint density at radius 3 is 2.74 bits per heavy atom. The Labute approximate surface area is 186 Å². The molecule has 31 heavy (non-hydrogen) atoms. The zero-order valence-electron chi connectivity index (χ0n) is 19.1. The molecule has 2 aliphatic carbocycles. The molecule has 1 aromatic rings. The minimum atomic E-state index is -0.516. The van der Waals surface area contributed by atoms with Gasteiger partial charge in [-0.1, -0.05) is 37.6 Å². The van der Waals surface area contributed by atoms with Crippen molar-refractivity contribution in [1.82, 2.24) is 4.90 Å². The third-order valence-corrected chi connectivity index (χ3v) is 8.76. The number of carbonyl (C=O) groups is 1. The van der Waals surface area contributed by atoms with Gasteiger partial charge >= 0.3 is 5.97 Å². The van der Waals surface area contributed by atoms with Crippen LogP contribution in [0, 0.1) is 30.1 Å². The van der Waals surface area contributed by atoms with Crippen LogP contribution in [-0.4, -0.2) is 60.9 Å². The van der Waals surface area contributed by atoms with Crippen molar-refractivity contribution in [1.29, 1.82) is 0 Å². The van der Waals surface area contributed by atoms with Gasteiger partial charge in [0.05, 0.1) is 12.0 Å². The molecular weight excluding hydrogens is 388 g/mol. The number of hydrogen-bond donors (Lipinski definition) is 1. The summed E-state index contributed by atoms with van der Waals surface area (Å²) in [7, 11) is 0. The van der Waals surface area contributed by atoms with E-state index in [0.717, 1.165) is 45.4 Å². The Hall–Kier alpha value is -1.85. The fraction of sp³-hybridized carbons (Fsp3) is 0.654. The minimum Gasteiger partial charge on any atom is -0.461 e. The summed E-state index contributed by atoms with van der Waals surface area (Å²) < 4.78 is 5.85. The van der Waals surface area contributed by atoms with Gasteiger partial charge in [0, 0.05) is 56.2 Å². The zero-order valence-corrected chi connectivity index (χ0v) is 19.1. The number of nitrogens with zero attached hydrogens (tertiary/aromatic N) is 2. The average molecular weight is 425 g/mol. The average Bonchev–Trinajstić information content (AvgIpc) is 3.06. The van der Waals surface area contributed by atoms with Gasteiger partial charge in [-0.2, -0.15) is 0 Å². The summed E-state index contributed by atoms with van der Waals surface area (Å²) in [4.78, 5) is 17.7. The summed E-state index contributed by atoms with van der Waals surface area (Å²) in [5.41, 5.74) is 3.64. The fourth-order valence-corrected chi connectivity index (χ4v) is 6.57. The van der Waals surface area contributed by atoms with Gasteiger partial charge < -0.3 is 14.7 Å². The van der Waals surface area contributed by atoms with E-state index < -0.39 is 6.10 Å². The highest BCUT2D eigenvalue weighted by molar-refractivity contribution is 5.76. The number of carbonyl (C=O) groups excluding carboxylic acids is 1. The molecule has 2 saturated heterocycles. The van der Waals surface area contributed by atoms with Crippen molar-refractivity contribution in [2.75, 3.05) is 37.6 Å². The summed E-state index contributed by atoms with van der Waals surface area (Å²) in [6.07, 6.45) is 4.59. The van der Waals surface area contributed by atoms with Crippen LogP contribution in [0.2, 0.25) is 0 Å². The van der Waals surface area contributed by atoms with Crippen molar-refractivity contribution in [3.05, 3.63) is 41.5 Å². The summed E-state index contributed by atoms with van der Waals surface area (Å²) >= 11 is 0. The van der Waals surface area contributed by atoms with Crippen LogP contribution in [0.3, 0.4) is 0 Å². The second-order valence-electron chi connectivity index (χ2n) is 10.4. The first kappa shape index (κ1) is 21.0. The van der Waals surface area contributed by atoms with Crippen LogP contribution < -0.4 is 4.90 Å². The molecule has 2 heterocycles. The van der Waals surface area contributed by atoms with Gasteiger partial charge in [-0.3, -0.25) is 9.69 Å². The molecule has 0 bridgehead atoms. The molecule has 3 fully saturated rings. The highest BCUT2D eigenvalue weighted by Gasteiger charge is 2.59. The van der Waals surface area contributed by atoms with E-state index in [-0.39, 0.29) is 29.3 Å². The predicted molar refractivity (Wildman–Crippen MR) is 122 cm³/mol. The molecule has 6 atom stereocenters. The van der Waals surface area contributed by atoms with Gasteiger partial charge in [-0.25, -0.2) is 0 Å². The quantitative estimate of drug-likeness (QED) is 0.595. The second kappa shape index (κ2) is 7.93. The molecule has 1 aromatic carbocycles. The van der Waals surface area contributed by atoms with E-state index in [2.05, 4.69) is 60.9 Å². The Morgan fingerprint density at radius 1 is 1.23 bits per heavy atom. The van der Waals surface area contributed by atoms with Crippen LogP contribution in [0.4, 0.5) is 5.69 Å². The van der Waals surface area contributed by atoms with Crippen LogP contribution in [0.15, 0.2) is 35.9 Å². The molecule has 0 spiro atoms. The molecule has 2 aliphatic heterocycles. The number of esters is 1. The number of aliphatic hydroxyl groups is 1. The normalized spacial score (nSPS) is 38.3. The predicted octanol–water partition coefficient (Wildman–Crippen LogP) is 3.40. The van der Waals surface area contributed by atoms with Crippen molar-refractivity contribution >= 4 is 11.7 Å². The Bertz CT molecular complexity index is 875. The summed E-state index contributed by atoms with van der Waals surface area (Å²) in [6.45, 7) is 11.1. The first-order chi connectivity index (χ1) is 14.9. The Morgan fingerprint density at radius 2 is 2.00 bits per heavy atom. The van der Waals surface area contributed by atoms with Gasteiger partial charge in [0.1, 0.15) is 6.10 Å². The molecule has 5 heteroatoms. The van der Waals surface area contributed by atoms with Crippen LogP contribution in [0.5, 0.6) is 0 Å². The lowest BCUT2D eigenvalue weighted by Crippen LogP contribution is -2.55. The number of rotatable bonds is 3. The number of ether oxygens (including phenoxy) is 1. The number of allylic oxidation sites excluding steroid dienone is 1. The number of benzene rings is 1. The molecule has 0 aromatic heterocycles. The number of aryl methyl sites for hydroxylation is 1. The first-order valence-electron chi connectivity index (χ1n) is 12.0. The lowest BCUT2D eigenvalue weighted by molar-refractivity contribution is -0.145. The molecule has 5 nitrogen and oxygen atoms in total. The van der Waals surface area contributed by atoms with Crippen LogP contribution in [0.25, 0.3) is 0 Å². The van der Waals surface area contributed by atoms with Gasteiger partial charge in [0.15, 0.2) is 0 Å². The number of anilines is 1. The van der Waals surface area contributed by atoms with Crippen LogP contribution in [-0.2, 0) is 9.53 Å². The molecule has 5 rings (SSSR count). The van der Waals surface area contributed by atoms with E-state index in [9.17, 15) is 9.90 Å². The maximum absolute atomic E-state index is 12.9. The molecule has 0 amide bonds. The van der Waals surface area contributed by atoms with Crippen molar-refractivity contribution < 1.29 is 14.6 Å². The van der Waals surface area contributed by atoms with Gasteiger partial charge in [-0.15, -0.1) is 0 Å². The molecule has 0 radical (unpaired) electrons. The van der Waals surface area contributed by atoms with Gasteiger partial charge in [-0.05, 0) is 43.4 Å². The summed E-state index contributed by atoms with van der Waals surface area (Å²) in [5.74, 6) is 0.00589. The van der Waals surface area contributed by atoms with E-state index in [4.69, 9.17) is 4.74 Å². The lowest BCUT2D eigenvalue weighted by atomic mass is 9.55. The summed E-state index contributed by atoms with van der Waals surface area (Å²) in [6, 6.07) is 8.67. The molecular formula is C26H36N2O3. The number of aliphatic hydroxyl groups excluding tert-OH is 1. The van der Waals surface area contributed by atoms with E-state index in [0.29, 0.717) is 12.5 Å². The van der Waals surface area contributed by atoms with Gasteiger partial charge in [0.2, 0.25) is 0 Å². The number of piperazine rings is 1. The SMILES string of the molecule is Cc1cccc(N2CCN(C[C@H]3C(=O)O[C@@H]4CC5=CCC[C@H](C)[C@@]5(C)[C@@H](O)[C@@H]43)CC2)c1. The van der Waals surface area contributed by atoms with Crippen molar-refractivity contribution in [2.24, 2.45) is 23.2 Å². The molecule has 1 N–H and O–H groups in total. The third kappa shape index (κ3) is 3.50. The first-order valence-corrected chi connectivity index (χ1v) is 12.0. The lowest BCUT2D eigenvalue weighted by Gasteiger charge is -2.52. The Kier molecular flexibility index (Phi) is 5.38. The van der Waals surface area contributed by atoms with E-state index in [1.807, 2.05) is 0 Å². The number of hydrogen-bond acceptors (Lipinski definition) is 5. The standard InChI is InChI=1S/C26H36N2O3/c1-17-6-4-9-20(14-17)28-12-10-27(11-13-28)16-21-23-22(31-25(21)30)15-19-8-5-7-18(2)26(19,3)24(23)29/h4,6,8-9,14,18,21-24,29H,5,7,10-13,15-16H2,1-3H3/t18-,21+,22+,23+,24-,26+/m0/s1. The summed E-state index contributed by atoms with van der Waals surface area (Å²) in [5, 5.41) is 11.5. The zero-order chi connectivity index (χ0) is 21.8. The third-order valence-electron chi connectivity index (χ3n) is 8.76. The largest absolute Gasteiger partial charge is 0.461 e. The Balaban J connectivity index is 1.28. The van der Waals surface area contributed by atoms with Crippen molar-refractivity contribution in [2.45, 2.75) is 52.2 Å². The van der Waals surface area contributed by atoms with E-state index in [1.54, 1.807) is 0 Å². The van der Waals surface area contributed by atoms with Crippen molar-refractivity contribution in [3.8, 4) is 0 Å². The number of fused-ring (bicyclic) bond motifs is 2. The van der Waals surface area contributed by atoms with E-state index >= 15 is 0 Å². The highest BCUT2D eigenvalue weighted by Crippen LogP contribution is 2.56. The maximum atomic E-state index is 12.9. The fourth-order valence-electron chi connectivity index (χ4n) is 6.57. The topological polar surface area (TPSA) is 53.0 Å². The van der Waals surface area contributed by atoms with Crippen LogP contribution in [0.1, 0.15) is 38.7 Å². The van der Waals surface area contributed by atoms with Crippen molar-refractivity contribution in [3.63, 3.8) is 0 Å². The monoisotopic (exact) mass is 424 g/mol. The smallest absolute Gasteiger partial charge is 0.311 e. The van der Waals surface area contributed by atoms with Crippen LogP contribution >= 0.6 is 0 Å². The van der Waals surface area contributed by atoms with E-state index in [1.165, 1.54) is 16.8 Å². The van der Waals surface area contributed by atoms with Gasteiger partial charge in [0.25, 0.3) is 0 Å². The highest BCUT2D eigenvalue weighted by atomic mass is 16.6. The molecule has 1 saturated carbocycles. The molecule has 168 valence electrons. The second-order valence-corrected chi connectivity index (χ2v) is 10.4. The molecule has 0 unspecified atom stereocenters. The minimum absolute atomic E-state index is 0.0926. The molecule has 4 aliphatic rings. The maximum Gasteiger partial charge on any atom is 0.311 e.